The van der Waals surface area contributed by atoms with Gasteiger partial charge in [-0.1, -0.05) is 90.4 Å². The summed E-state index contributed by atoms with van der Waals surface area (Å²) in [7, 11) is -4.38. The number of aliphatic hydroxyl groups excluding tert-OH is 2. The molecule has 0 amide bonds. The molecule has 11 nitrogen and oxygen atoms in total. The maximum absolute atomic E-state index is 12.1. The minimum Gasteiger partial charge on any atom is -0.858 e. The van der Waals surface area contributed by atoms with E-state index in [1.165, 1.54) is 64.2 Å². The lowest BCUT2D eigenvalue weighted by Gasteiger charge is -2.18. The van der Waals surface area contributed by atoms with Gasteiger partial charge in [-0.05, 0) is 18.4 Å². The number of phosphoric ester groups is 1. The number of rotatable bonds is 20. The first-order valence-corrected chi connectivity index (χ1v) is 15.1. The Labute approximate surface area is 219 Å². The third-order valence-corrected chi connectivity index (χ3v) is 7.55. The Hall–Kier alpha value is -1.33. The molecule has 2 rings (SSSR count). The molecule has 1 unspecified atom stereocenters. The summed E-state index contributed by atoms with van der Waals surface area (Å²) in [6, 6.07) is 1.01. The van der Waals surface area contributed by atoms with Gasteiger partial charge in [0, 0.05) is 6.20 Å². The highest BCUT2D eigenvalue weighted by Crippen LogP contribution is 2.44. The summed E-state index contributed by atoms with van der Waals surface area (Å²) in [6.45, 7) is 1.76. The van der Waals surface area contributed by atoms with Gasteiger partial charge in [-0.25, -0.2) is 14.3 Å². The van der Waals surface area contributed by atoms with E-state index in [-0.39, 0.29) is 6.61 Å². The summed E-state index contributed by atoms with van der Waals surface area (Å²) in [5, 5.41) is 31.5. The molecule has 214 valence electrons. The van der Waals surface area contributed by atoms with Gasteiger partial charge in [0.05, 0.1) is 13.2 Å². The van der Waals surface area contributed by atoms with Gasteiger partial charge >= 0.3 is 13.5 Å². The highest BCUT2D eigenvalue weighted by molar-refractivity contribution is 7.47. The molecule has 5 atom stereocenters. The molecule has 1 fully saturated rings. The van der Waals surface area contributed by atoms with E-state index in [0.29, 0.717) is 6.42 Å². The SMILES string of the molecule is CCCCCCCCCCCCCCCCOP(=O)(O)OC[C@H]1O[C@@H](n2ccc([O-])nc2=O)[C@H](O)[C@@H]1O. The van der Waals surface area contributed by atoms with Crippen LogP contribution in [0.3, 0.4) is 0 Å². The number of phosphoric acid groups is 1. The standard InChI is InChI=1S/C25H45N2O9P/c1-2-3-4-5-6-7-8-9-10-11-12-13-14-15-18-34-37(32,33)35-19-20-22(29)23(30)24(36-20)27-17-16-21(28)26-25(27)31/h16-17,20,22-24,29-30H,2-15,18-19H2,1H3,(H,32,33)(H,26,28,31)/p-1/t20-,22-,23-,24-/m1/s1. The third-order valence-electron chi connectivity index (χ3n) is 6.57. The van der Waals surface area contributed by atoms with E-state index < -0.39 is 50.5 Å². The van der Waals surface area contributed by atoms with Gasteiger partial charge in [0.1, 0.15) is 18.3 Å². The smallest absolute Gasteiger partial charge is 0.472 e. The second-order valence-corrected chi connectivity index (χ2v) is 11.1. The van der Waals surface area contributed by atoms with Crippen LogP contribution in [0.1, 0.15) is 103 Å². The Kier molecular flexibility index (Phi) is 14.9. The summed E-state index contributed by atoms with van der Waals surface area (Å²) < 4.78 is 28.4. The topological polar surface area (TPSA) is 163 Å². The first kappa shape index (κ1) is 31.9. The van der Waals surface area contributed by atoms with Gasteiger partial charge in [0.25, 0.3) is 0 Å². The Balaban J connectivity index is 1.53. The molecule has 1 aromatic rings. The molecule has 0 spiro atoms. The number of unbranched alkanes of at least 4 members (excludes halogenated alkanes) is 13. The van der Waals surface area contributed by atoms with Crippen molar-refractivity contribution in [2.24, 2.45) is 0 Å². The summed E-state index contributed by atoms with van der Waals surface area (Å²) in [5.41, 5.74) is -0.949. The van der Waals surface area contributed by atoms with Gasteiger partial charge in [-0.2, -0.15) is 0 Å². The van der Waals surface area contributed by atoms with Crippen LogP contribution < -0.4 is 10.8 Å². The molecule has 0 bridgehead atoms. The average Bonchev–Trinajstić information content (AvgIpc) is 3.13. The number of ether oxygens (including phenoxy) is 1. The van der Waals surface area contributed by atoms with Crippen LogP contribution in [0.2, 0.25) is 0 Å². The van der Waals surface area contributed by atoms with E-state index >= 15 is 0 Å². The van der Waals surface area contributed by atoms with Crippen molar-refractivity contribution >= 4 is 7.82 Å². The first-order chi connectivity index (χ1) is 17.7. The van der Waals surface area contributed by atoms with E-state index in [1.54, 1.807) is 0 Å². The van der Waals surface area contributed by atoms with Crippen LogP contribution in [0.25, 0.3) is 0 Å². The second kappa shape index (κ2) is 17.3. The molecule has 1 aliphatic heterocycles. The van der Waals surface area contributed by atoms with Crippen LogP contribution in [0, 0.1) is 0 Å². The Morgan fingerprint density at radius 2 is 1.49 bits per heavy atom. The number of hydrogen-bond donors (Lipinski definition) is 3. The van der Waals surface area contributed by atoms with Gasteiger partial charge < -0.3 is 24.9 Å². The quantitative estimate of drug-likeness (QED) is 0.162. The monoisotopic (exact) mass is 547 g/mol. The lowest BCUT2D eigenvalue weighted by atomic mass is 10.0. The fourth-order valence-corrected chi connectivity index (χ4v) is 5.14. The number of hydrogen-bond acceptors (Lipinski definition) is 9. The molecule has 0 saturated carbocycles. The van der Waals surface area contributed by atoms with Crippen molar-refractivity contribution in [2.75, 3.05) is 13.2 Å². The maximum Gasteiger partial charge on any atom is 0.472 e. The largest absolute Gasteiger partial charge is 0.858 e. The van der Waals surface area contributed by atoms with Crippen molar-refractivity contribution in [2.45, 2.75) is 121 Å². The number of nitrogens with zero attached hydrogens (tertiary/aromatic N) is 2. The van der Waals surface area contributed by atoms with Gasteiger partial charge in [0.2, 0.25) is 0 Å². The normalized spacial score (nSPS) is 23.4. The first-order valence-electron chi connectivity index (χ1n) is 13.6. The lowest BCUT2D eigenvalue weighted by molar-refractivity contribution is -0.275. The second-order valence-electron chi connectivity index (χ2n) is 9.70. The van der Waals surface area contributed by atoms with E-state index in [1.807, 2.05) is 0 Å². The van der Waals surface area contributed by atoms with Crippen molar-refractivity contribution in [1.82, 2.24) is 9.55 Å². The molecule has 12 heteroatoms. The molecule has 1 aromatic heterocycles. The molecule has 1 aliphatic rings. The lowest BCUT2D eigenvalue weighted by Crippen LogP contribution is -2.36. The van der Waals surface area contributed by atoms with E-state index in [4.69, 9.17) is 13.8 Å². The van der Waals surface area contributed by atoms with Gasteiger partial charge in [-0.15, -0.1) is 0 Å². The molecule has 0 radical (unpaired) electrons. The van der Waals surface area contributed by atoms with Crippen molar-refractivity contribution in [3.05, 3.63) is 22.7 Å². The van der Waals surface area contributed by atoms with Crippen LogP contribution in [0.4, 0.5) is 0 Å². The Morgan fingerprint density at radius 3 is 2.03 bits per heavy atom. The Morgan fingerprint density at radius 1 is 0.946 bits per heavy atom. The summed E-state index contributed by atoms with van der Waals surface area (Å²) in [5.74, 6) is -0.744. The number of aromatic nitrogens is 2. The van der Waals surface area contributed by atoms with Crippen LogP contribution in [-0.2, 0) is 18.3 Å². The zero-order valence-electron chi connectivity index (χ0n) is 21.9. The molecule has 3 N–H and O–H groups in total. The van der Waals surface area contributed by atoms with Gasteiger partial charge in [0.15, 0.2) is 6.23 Å². The molecule has 2 heterocycles. The van der Waals surface area contributed by atoms with Crippen molar-refractivity contribution in [3.63, 3.8) is 0 Å². The predicted molar refractivity (Wildman–Crippen MR) is 136 cm³/mol. The van der Waals surface area contributed by atoms with Crippen LogP contribution >= 0.6 is 7.82 Å². The van der Waals surface area contributed by atoms with Crippen LogP contribution in [-0.4, -0.2) is 56.2 Å². The van der Waals surface area contributed by atoms with Crippen molar-refractivity contribution < 1.29 is 38.6 Å². The highest BCUT2D eigenvalue weighted by atomic mass is 31.2. The molecule has 1 saturated heterocycles. The minimum absolute atomic E-state index is 0.0632. The summed E-state index contributed by atoms with van der Waals surface area (Å²) in [6.07, 6.45) is 12.4. The average molecular weight is 548 g/mol. The van der Waals surface area contributed by atoms with E-state index in [0.717, 1.165) is 36.1 Å². The minimum atomic E-state index is -4.38. The zero-order valence-corrected chi connectivity index (χ0v) is 22.8. The summed E-state index contributed by atoms with van der Waals surface area (Å²) in [4.78, 5) is 25.0. The Bertz CT molecular complexity index is 869. The third kappa shape index (κ3) is 11.9. The molecule has 0 aliphatic carbocycles. The summed E-state index contributed by atoms with van der Waals surface area (Å²) >= 11 is 0. The molecule has 0 aromatic carbocycles. The van der Waals surface area contributed by atoms with E-state index in [9.17, 15) is 29.6 Å². The predicted octanol–water partition coefficient (Wildman–Crippen LogP) is 3.55. The fraction of sp³-hybridized carbons (Fsp3) is 0.840. The van der Waals surface area contributed by atoms with Crippen molar-refractivity contribution in [1.29, 1.82) is 0 Å². The molecular weight excluding hydrogens is 503 g/mol. The zero-order chi connectivity index (χ0) is 27.1. The molecular formula is C25H44N2O9P-. The van der Waals surface area contributed by atoms with E-state index in [2.05, 4.69) is 11.9 Å². The highest BCUT2D eigenvalue weighted by Gasteiger charge is 2.45. The van der Waals surface area contributed by atoms with Crippen LogP contribution in [0.5, 0.6) is 5.88 Å². The molecule has 37 heavy (non-hydrogen) atoms. The van der Waals surface area contributed by atoms with Crippen molar-refractivity contribution in [3.8, 4) is 5.88 Å². The van der Waals surface area contributed by atoms with Crippen LogP contribution in [0.15, 0.2) is 17.1 Å². The fourth-order valence-electron chi connectivity index (χ4n) is 4.37. The number of aliphatic hydroxyl groups is 2. The maximum atomic E-state index is 12.1. The van der Waals surface area contributed by atoms with Gasteiger partial charge in [-0.3, -0.25) is 13.6 Å².